The van der Waals surface area contributed by atoms with Crippen molar-refractivity contribution in [2.75, 3.05) is 4.90 Å². The molecule has 0 spiro atoms. The maximum absolute atomic E-state index is 13.4. The van der Waals surface area contributed by atoms with Crippen LogP contribution in [0.1, 0.15) is 25.5 Å². The molecule has 1 aliphatic heterocycles. The third-order valence-electron chi connectivity index (χ3n) is 6.26. The van der Waals surface area contributed by atoms with Crippen molar-refractivity contribution in [1.82, 2.24) is 9.78 Å². The molecule has 31 heavy (non-hydrogen) atoms. The molecule has 5 rings (SSSR count). The molecule has 4 aromatic rings. The van der Waals surface area contributed by atoms with Gasteiger partial charge in [-0.1, -0.05) is 30.3 Å². The van der Waals surface area contributed by atoms with Crippen LogP contribution in [0.4, 0.5) is 10.1 Å². The smallest absolute Gasteiger partial charge is 0.234 e. The van der Waals surface area contributed by atoms with E-state index in [1.807, 2.05) is 67.3 Å². The van der Waals surface area contributed by atoms with Crippen molar-refractivity contribution in [1.29, 1.82) is 0 Å². The number of carbonyl (C=O) groups excluding carboxylic acids is 1. The van der Waals surface area contributed by atoms with Crippen molar-refractivity contribution in [3.8, 4) is 5.69 Å². The molecule has 0 saturated carbocycles. The van der Waals surface area contributed by atoms with E-state index in [2.05, 4.69) is 5.10 Å². The standard InChI is InChI=1S/C25H23FN4O/c1-25(2)23(27)22(16-6-4-3-5-7-16)29(24(25)31)20-12-13-21-17(14-20)15-28-30(21)19-10-8-18(26)9-11-19/h3-15,22-23H,27H2,1-2H3/t22?,23-/m1/s1. The first-order valence-electron chi connectivity index (χ1n) is 10.3. The molecule has 0 bridgehead atoms. The topological polar surface area (TPSA) is 64.2 Å². The highest BCUT2D eigenvalue weighted by Crippen LogP contribution is 2.45. The zero-order valence-electron chi connectivity index (χ0n) is 17.4. The summed E-state index contributed by atoms with van der Waals surface area (Å²) in [6, 6.07) is 21.3. The number of fused-ring (bicyclic) bond motifs is 1. The molecule has 2 atom stereocenters. The van der Waals surface area contributed by atoms with Gasteiger partial charge in [0.05, 0.1) is 28.9 Å². The van der Waals surface area contributed by atoms with E-state index in [0.717, 1.165) is 27.8 Å². The summed E-state index contributed by atoms with van der Waals surface area (Å²) in [4.78, 5) is 15.2. The van der Waals surface area contributed by atoms with Crippen LogP contribution >= 0.6 is 0 Å². The average molecular weight is 414 g/mol. The lowest BCUT2D eigenvalue weighted by Gasteiger charge is -2.27. The van der Waals surface area contributed by atoms with E-state index in [1.54, 1.807) is 23.0 Å². The zero-order valence-corrected chi connectivity index (χ0v) is 17.4. The first-order valence-corrected chi connectivity index (χ1v) is 10.3. The molecular formula is C25H23FN4O. The van der Waals surface area contributed by atoms with Gasteiger partial charge < -0.3 is 10.6 Å². The van der Waals surface area contributed by atoms with E-state index in [1.165, 1.54) is 12.1 Å². The van der Waals surface area contributed by atoms with Crippen LogP contribution in [0.25, 0.3) is 16.6 Å². The molecule has 6 heteroatoms. The minimum atomic E-state index is -0.687. The minimum Gasteiger partial charge on any atom is -0.325 e. The van der Waals surface area contributed by atoms with Crippen LogP contribution in [0.3, 0.4) is 0 Å². The van der Waals surface area contributed by atoms with E-state index in [0.29, 0.717) is 0 Å². The largest absolute Gasteiger partial charge is 0.325 e. The highest BCUT2D eigenvalue weighted by atomic mass is 19.1. The first-order chi connectivity index (χ1) is 14.9. The van der Waals surface area contributed by atoms with E-state index < -0.39 is 5.41 Å². The fraction of sp³-hybridized carbons (Fsp3) is 0.200. The van der Waals surface area contributed by atoms with Gasteiger partial charge in [-0.2, -0.15) is 5.10 Å². The van der Waals surface area contributed by atoms with Gasteiger partial charge in [0.25, 0.3) is 0 Å². The summed E-state index contributed by atoms with van der Waals surface area (Å²) < 4.78 is 15.1. The van der Waals surface area contributed by atoms with Gasteiger partial charge in [-0.15, -0.1) is 0 Å². The minimum absolute atomic E-state index is 0.000806. The summed E-state index contributed by atoms with van der Waals surface area (Å²) in [5.74, 6) is -0.292. The Bertz CT molecular complexity index is 1260. The van der Waals surface area contributed by atoms with Gasteiger partial charge in [-0.25, -0.2) is 9.07 Å². The number of rotatable bonds is 3. The number of hydrogen-bond donors (Lipinski definition) is 1. The number of nitrogens with two attached hydrogens (primary N) is 1. The molecular weight excluding hydrogens is 391 g/mol. The monoisotopic (exact) mass is 414 g/mol. The molecule has 1 aliphatic rings. The molecule has 1 unspecified atom stereocenters. The van der Waals surface area contributed by atoms with Crippen molar-refractivity contribution in [3.05, 3.63) is 90.4 Å². The highest BCUT2D eigenvalue weighted by molar-refractivity contribution is 6.03. The van der Waals surface area contributed by atoms with Gasteiger partial charge in [0.15, 0.2) is 0 Å². The van der Waals surface area contributed by atoms with E-state index in [-0.39, 0.29) is 23.8 Å². The molecule has 2 heterocycles. The first kappa shape index (κ1) is 19.5. The summed E-state index contributed by atoms with van der Waals surface area (Å²) in [6.45, 7) is 3.81. The molecule has 0 aliphatic carbocycles. The molecule has 5 nitrogen and oxygen atoms in total. The van der Waals surface area contributed by atoms with Crippen molar-refractivity contribution in [2.45, 2.75) is 25.9 Å². The van der Waals surface area contributed by atoms with Crippen molar-refractivity contribution in [2.24, 2.45) is 11.1 Å². The summed E-state index contributed by atoms with van der Waals surface area (Å²) >= 11 is 0. The number of aromatic nitrogens is 2. The quantitative estimate of drug-likeness (QED) is 0.533. The predicted molar refractivity (Wildman–Crippen MR) is 119 cm³/mol. The van der Waals surface area contributed by atoms with E-state index >= 15 is 0 Å². The predicted octanol–water partition coefficient (Wildman–Crippen LogP) is 4.61. The number of hydrogen-bond acceptors (Lipinski definition) is 3. The molecule has 1 amide bonds. The third kappa shape index (κ3) is 3.02. The Morgan fingerprint density at radius 1 is 0.968 bits per heavy atom. The number of halogens is 1. The van der Waals surface area contributed by atoms with Crippen LogP contribution in [0.2, 0.25) is 0 Å². The molecule has 1 aromatic heterocycles. The Kier molecular flexibility index (Phi) is 4.41. The Labute approximate surface area is 179 Å². The van der Waals surface area contributed by atoms with Crippen molar-refractivity contribution >= 4 is 22.5 Å². The number of nitrogens with zero attached hydrogens (tertiary/aromatic N) is 3. The zero-order chi connectivity index (χ0) is 21.8. The highest BCUT2D eigenvalue weighted by Gasteiger charge is 2.53. The van der Waals surface area contributed by atoms with Gasteiger partial charge in [0, 0.05) is 17.1 Å². The van der Waals surface area contributed by atoms with Crippen molar-refractivity contribution in [3.63, 3.8) is 0 Å². The Balaban J connectivity index is 1.60. The van der Waals surface area contributed by atoms with Crippen LogP contribution in [-0.4, -0.2) is 21.7 Å². The SMILES string of the molecule is CC1(C)C(=O)N(c2ccc3c(cnn3-c3ccc(F)cc3)c2)C(c2ccccc2)[C@H]1N. The fourth-order valence-corrected chi connectivity index (χ4v) is 4.38. The van der Waals surface area contributed by atoms with Gasteiger partial charge in [-0.3, -0.25) is 4.79 Å². The van der Waals surface area contributed by atoms with Crippen LogP contribution in [0, 0.1) is 11.2 Å². The molecule has 1 saturated heterocycles. The third-order valence-corrected chi connectivity index (χ3v) is 6.26. The molecule has 1 fully saturated rings. The normalized spacial score (nSPS) is 20.5. The summed E-state index contributed by atoms with van der Waals surface area (Å²) in [6.07, 6.45) is 1.76. The van der Waals surface area contributed by atoms with Crippen LogP contribution in [-0.2, 0) is 4.79 Å². The van der Waals surface area contributed by atoms with Gasteiger partial charge in [-0.05, 0) is 61.9 Å². The summed E-state index contributed by atoms with van der Waals surface area (Å²) in [5, 5.41) is 5.36. The van der Waals surface area contributed by atoms with Gasteiger partial charge >= 0.3 is 0 Å². The van der Waals surface area contributed by atoms with Gasteiger partial charge in [0.1, 0.15) is 5.82 Å². The Morgan fingerprint density at radius 2 is 1.65 bits per heavy atom. The second-order valence-electron chi connectivity index (χ2n) is 8.55. The Hall–Kier alpha value is -3.51. The lowest BCUT2D eigenvalue weighted by atomic mass is 9.83. The van der Waals surface area contributed by atoms with Crippen LogP contribution < -0.4 is 10.6 Å². The molecule has 0 radical (unpaired) electrons. The van der Waals surface area contributed by atoms with E-state index in [9.17, 15) is 9.18 Å². The second kappa shape index (κ2) is 7.03. The van der Waals surface area contributed by atoms with E-state index in [4.69, 9.17) is 5.73 Å². The number of amides is 1. The average Bonchev–Trinajstić information content (AvgIpc) is 3.27. The second-order valence-corrected chi connectivity index (χ2v) is 8.55. The lowest BCUT2D eigenvalue weighted by Crippen LogP contribution is -2.38. The van der Waals surface area contributed by atoms with Crippen LogP contribution in [0.5, 0.6) is 0 Å². The lowest BCUT2D eigenvalue weighted by molar-refractivity contribution is -0.124. The summed E-state index contributed by atoms with van der Waals surface area (Å²) in [7, 11) is 0. The fourth-order valence-electron chi connectivity index (χ4n) is 4.38. The number of carbonyl (C=O) groups is 1. The number of benzene rings is 3. The maximum atomic E-state index is 13.4. The van der Waals surface area contributed by atoms with Crippen LogP contribution in [0.15, 0.2) is 79.0 Å². The van der Waals surface area contributed by atoms with Crippen molar-refractivity contribution < 1.29 is 9.18 Å². The molecule has 2 N–H and O–H groups in total. The molecule has 156 valence electrons. The van der Waals surface area contributed by atoms with Gasteiger partial charge in [0.2, 0.25) is 5.91 Å². The maximum Gasteiger partial charge on any atom is 0.234 e. The Morgan fingerprint density at radius 3 is 2.35 bits per heavy atom. The summed E-state index contributed by atoms with van der Waals surface area (Å²) in [5.41, 5.74) is 9.36. The number of anilines is 1. The molecule has 3 aromatic carbocycles.